The molecule has 0 aromatic carbocycles. The van der Waals surface area contributed by atoms with Gasteiger partial charge in [-0.15, -0.1) is 0 Å². The number of rotatable bonds is 2. The Bertz CT molecular complexity index is 272. The predicted molar refractivity (Wildman–Crippen MR) is 62.8 cm³/mol. The third-order valence-corrected chi connectivity index (χ3v) is 2.32. The molecular weight excluding hydrogens is 172 g/mol. The predicted octanol–water partition coefficient (Wildman–Crippen LogP) is 3.44. The summed E-state index contributed by atoms with van der Waals surface area (Å²) in [6.45, 7) is 12.7. The van der Waals surface area contributed by atoms with Crippen LogP contribution in [0.5, 0.6) is 0 Å². The summed E-state index contributed by atoms with van der Waals surface area (Å²) in [5.74, 6) is 1.70. The summed E-state index contributed by atoms with van der Waals surface area (Å²) in [7, 11) is 2.09. The SMILES string of the molecule is CC.CCc1nc(C)n(C)c1C(C)C. The molecule has 1 aromatic heterocycles. The highest BCUT2D eigenvalue weighted by Crippen LogP contribution is 2.19. The Morgan fingerprint density at radius 3 is 2.07 bits per heavy atom. The number of hydrogen-bond donors (Lipinski definition) is 0. The number of hydrogen-bond acceptors (Lipinski definition) is 1. The Kier molecular flexibility index (Phi) is 5.51. The largest absolute Gasteiger partial charge is 0.335 e. The maximum absolute atomic E-state index is 4.51. The molecule has 0 aliphatic carbocycles. The van der Waals surface area contributed by atoms with E-state index in [-0.39, 0.29) is 0 Å². The van der Waals surface area contributed by atoms with E-state index < -0.39 is 0 Å². The normalized spacial score (nSPS) is 10.0. The molecule has 82 valence electrons. The van der Waals surface area contributed by atoms with Crippen LogP contribution in [0.25, 0.3) is 0 Å². The van der Waals surface area contributed by atoms with E-state index in [9.17, 15) is 0 Å². The van der Waals surface area contributed by atoms with Gasteiger partial charge in [-0.2, -0.15) is 0 Å². The lowest BCUT2D eigenvalue weighted by Gasteiger charge is -2.08. The minimum Gasteiger partial charge on any atom is -0.335 e. The average molecular weight is 196 g/mol. The summed E-state index contributed by atoms with van der Waals surface area (Å²) in [5, 5.41) is 0. The molecule has 14 heavy (non-hydrogen) atoms. The molecule has 0 amide bonds. The molecule has 0 saturated heterocycles. The Labute approximate surface area is 88.4 Å². The Morgan fingerprint density at radius 1 is 1.29 bits per heavy atom. The van der Waals surface area contributed by atoms with Gasteiger partial charge < -0.3 is 4.57 Å². The molecule has 1 heterocycles. The zero-order chi connectivity index (χ0) is 11.3. The fourth-order valence-corrected chi connectivity index (χ4v) is 1.68. The van der Waals surface area contributed by atoms with Gasteiger partial charge in [-0.1, -0.05) is 34.6 Å². The fraction of sp³-hybridized carbons (Fsp3) is 0.750. The maximum Gasteiger partial charge on any atom is 0.105 e. The Balaban J connectivity index is 0.000000791. The second-order valence-corrected chi connectivity index (χ2v) is 3.56. The summed E-state index contributed by atoms with van der Waals surface area (Å²) in [5.41, 5.74) is 2.64. The first-order valence-corrected chi connectivity index (χ1v) is 5.60. The second-order valence-electron chi connectivity index (χ2n) is 3.56. The van der Waals surface area contributed by atoms with Crippen molar-refractivity contribution in [1.82, 2.24) is 9.55 Å². The van der Waals surface area contributed by atoms with Crippen LogP contribution in [-0.4, -0.2) is 9.55 Å². The number of imidazole rings is 1. The van der Waals surface area contributed by atoms with Crippen molar-refractivity contribution in [3.8, 4) is 0 Å². The topological polar surface area (TPSA) is 17.8 Å². The van der Waals surface area contributed by atoms with E-state index in [1.165, 1.54) is 11.4 Å². The van der Waals surface area contributed by atoms with Gasteiger partial charge in [0, 0.05) is 12.7 Å². The van der Waals surface area contributed by atoms with Gasteiger partial charge >= 0.3 is 0 Å². The van der Waals surface area contributed by atoms with Gasteiger partial charge in [-0.05, 0) is 19.3 Å². The standard InChI is InChI=1S/C10H18N2.C2H6/c1-6-9-10(7(2)3)12(5)8(4)11-9;1-2/h7H,6H2,1-5H3;1-2H3. The molecule has 2 heteroatoms. The Hall–Kier alpha value is -0.790. The maximum atomic E-state index is 4.51. The van der Waals surface area contributed by atoms with Crippen LogP contribution in [0.3, 0.4) is 0 Å². The van der Waals surface area contributed by atoms with Crippen molar-refractivity contribution >= 4 is 0 Å². The van der Waals surface area contributed by atoms with E-state index in [1.54, 1.807) is 0 Å². The molecule has 0 spiro atoms. The molecule has 2 nitrogen and oxygen atoms in total. The highest BCUT2D eigenvalue weighted by molar-refractivity contribution is 5.19. The van der Waals surface area contributed by atoms with E-state index in [0.29, 0.717) is 5.92 Å². The molecule has 1 rings (SSSR count). The van der Waals surface area contributed by atoms with E-state index >= 15 is 0 Å². The van der Waals surface area contributed by atoms with Crippen LogP contribution in [0.15, 0.2) is 0 Å². The van der Waals surface area contributed by atoms with E-state index in [0.717, 1.165) is 12.2 Å². The molecule has 0 aliphatic rings. The van der Waals surface area contributed by atoms with Crippen LogP contribution in [-0.2, 0) is 13.5 Å². The second kappa shape index (κ2) is 5.84. The van der Waals surface area contributed by atoms with Gasteiger partial charge in [0.25, 0.3) is 0 Å². The summed E-state index contributed by atoms with van der Waals surface area (Å²) in [6.07, 6.45) is 1.04. The van der Waals surface area contributed by atoms with Crippen molar-refractivity contribution in [3.05, 3.63) is 17.2 Å². The molecular formula is C12H24N2. The van der Waals surface area contributed by atoms with E-state index in [2.05, 4.69) is 44.3 Å². The van der Waals surface area contributed by atoms with Gasteiger partial charge in [0.2, 0.25) is 0 Å². The van der Waals surface area contributed by atoms with Crippen molar-refractivity contribution in [2.45, 2.75) is 53.9 Å². The molecule has 0 fully saturated rings. The van der Waals surface area contributed by atoms with Gasteiger partial charge in [-0.25, -0.2) is 4.98 Å². The summed E-state index contributed by atoms with van der Waals surface area (Å²) < 4.78 is 2.20. The van der Waals surface area contributed by atoms with Crippen LogP contribution in [0, 0.1) is 6.92 Å². The van der Waals surface area contributed by atoms with Crippen molar-refractivity contribution in [2.24, 2.45) is 7.05 Å². The molecule has 0 atom stereocenters. The zero-order valence-electron chi connectivity index (χ0n) is 10.7. The number of nitrogens with zero attached hydrogens (tertiary/aromatic N) is 2. The lowest BCUT2D eigenvalue weighted by atomic mass is 10.1. The van der Waals surface area contributed by atoms with Crippen molar-refractivity contribution in [3.63, 3.8) is 0 Å². The molecule has 0 unspecified atom stereocenters. The molecule has 0 radical (unpaired) electrons. The van der Waals surface area contributed by atoms with Crippen LogP contribution in [0.1, 0.15) is 57.7 Å². The third-order valence-electron chi connectivity index (χ3n) is 2.32. The summed E-state index contributed by atoms with van der Waals surface area (Å²) in [6, 6.07) is 0. The highest BCUT2D eigenvalue weighted by Gasteiger charge is 2.12. The lowest BCUT2D eigenvalue weighted by molar-refractivity contribution is 0.716. The zero-order valence-corrected chi connectivity index (χ0v) is 10.7. The first-order chi connectivity index (χ1) is 6.57. The van der Waals surface area contributed by atoms with Gasteiger partial charge in [-0.3, -0.25) is 0 Å². The molecule has 0 bridgehead atoms. The third kappa shape index (κ3) is 2.60. The molecule has 0 N–H and O–H groups in total. The average Bonchev–Trinajstić information content (AvgIpc) is 2.46. The van der Waals surface area contributed by atoms with Gasteiger partial charge in [0.05, 0.1) is 5.69 Å². The summed E-state index contributed by atoms with van der Waals surface area (Å²) in [4.78, 5) is 4.51. The van der Waals surface area contributed by atoms with E-state index in [4.69, 9.17) is 0 Å². The molecule has 0 saturated carbocycles. The Morgan fingerprint density at radius 2 is 1.79 bits per heavy atom. The van der Waals surface area contributed by atoms with Crippen LogP contribution < -0.4 is 0 Å². The highest BCUT2D eigenvalue weighted by atomic mass is 15.1. The van der Waals surface area contributed by atoms with Gasteiger partial charge in [0.1, 0.15) is 5.82 Å². The smallest absolute Gasteiger partial charge is 0.105 e. The number of aromatic nitrogens is 2. The van der Waals surface area contributed by atoms with Crippen LogP contribution >= 0.6 is 0 Å². The first kappa shape index (κ1) is 13.2. The van der Waals surface area contributed by atoms with Crippen LogP contribution in [0.4, 0.5) is 0 Å². The molecule has 0 aliphatic heterocycles. The van der Waals surface area contributed by atoms with Crippen molar-refractivity contribution in [2.75, 3.05) is 0 Å². The molecule has 1 aromatic rings. The summed E-state index contributed by atoms with van der Waals surface area (Å²) >= 11 is 0. The van der Waals surface area contributed by atoms with Crippen molar-refractivity contribution in [1.29, 1.82) is 0 Å². The van der Waals surface area contributed by atoms with Crippen LogP contribution in [0.2, 0.25) is 0 Å². The lowest BCUT2D eigenvalue weighted by Crippen LogP contribution is -2.02. The van der Waals surface area contributed by atoms with Crippen molar-refractivity contribution < 1.29 is 0 Å². The monoisotopic (exact) mass is 196 g/mol. The fourth-order valence-electron chi connectivity index (χ4n) is 1.68. The minimum atomic E-state index is 0.575. The first-order valence-electron chi connectivity index (χ1n) is 5.60. The minimum absolute atomic E-state index is 0.575. The number of aryl methyl sites for hydroxylation is 2. The quantitative estimate of drug-likeness (QED) is 0.708. The van der Waals surface area contributed by atoms with E-state index in [1.807, 2.05) is 13.8 Å². The van der Waals surface area contributed by atoms with Gasteiger partial charge in [0.15, 0.2) is 0 Å².